The summed E-state index contributed by atoms with van der Waals surface area (Å²) in [6, 6.07) is 5.59. The molecule has 2 fully saturated rings. The van der Waals surface area contributed by atoms with E-state index in [-0.39, 0.29) is 11.1 Å². The fourth-order valence-electron chi connectivity index (χ4n) is 4.23. The van der Waals surface area contributed by atoms with Gasteiger partial charge in [0.2, 0.25) is 5.95 Å². The summed E-state index contributed by atoms with van der Waals surface area (Å²) in [5.74, 6) is 1.53. The lowest BCUT2D eigenvalue weighted by Crippen LogP contribution is -2.38. The molecule has 2 aliphatic heterocycles. The van der Waals surface area contributed by atoms with Crippen LogP contribution < -0.4 is 20.3 Å². The van der Waals surface area contributed by atoms with Crippen molar-refractivity contribution < 1.29 is 14.3 Å². The molecule has 12 heteroatoms. The maximum Gasteiger partial charge on any atom is 0.290 e. The summed E-state index contributed by atoms with van der Waals surface area (Å²) < 4.78 is 5.50. The lowest BCUT2D eigenvalue weighted by molar-refractivity contribution is -0.115. The minimum Gasteiger partial charge on any atom is -0.495 e. The molecular weight excluding hydrogens is 480 g/mol. The number of imide groups is 1. The number of carbonyl (C=O) groups is 2. The minimum absolute atomic E-state index is 0.343. The third kappa shape index (κ3) is 5.55. The molecule has 3 aromatic heterocycles. The predicted octanol–water partition coefficient (Wildman–Crippen LogP) is 2.60. The van der Waals surface area contributed by atoms with Crippen molar-refractivity contribution in [1.29, 1.82) is 0 Å². The molecule has 11 nitrogen and oxygen atoms in total. The minimum atomic E-state index is -0.389. The van der Waals surface area contributed by atoms with Gasteiger partial charge in [0.05, 0.1) is 35.3 Å². The molecule has 0 radical (unpaired) electrons. The zero-order valence-corrected chi connectivity index (χ0v) is 20.5. The molecule has 0 atom stereocenters. The molecule has 5 rings (SSSR count). The number of rotatable bonds is 8. The van der Waals surface area contributed by atoms with Crippen molar-refractivity contribution in [3.05, 3.63) is 53.1 Å². The van der Waals surface area contributed by atoms with E-state index in [1.54, 1.807) is 31.6 Å². The quantitative estimate of drug-likeness (QED) is 0.391. The number of carbonyl (C=O) groups excluding carboxylic acids is 2. The number of piperidine rings is 1. The highest BCUT2D eigenvalue weighted by molar-refractivity contribution is 8.18. The van der Waals surface area contributed by atoms with Gasteiger partial charge in [0, 0.05) is 37.6 Å². The fourth-order valence-corrected chi connectivity index (χ4v) is 4.90. The van der Waals surface area contributed by atoms with Gasteiger partial charge in [-0.2, -0.15) is 5.10 Å². The van der Waals surface area contributed by atoms with Gasteiger partial charge in [0.1, 0.15) is 5.75 Å². The van der Waals surface area contributed by atoms with Gasteiger partial charge in [-0.1, -0.05) is 0 Å². The maximum atomic E-state index is 11.8. The third-order valence-electron chi connectivity index (χ3n) is 6.15. The van der Waals surface area contributed by atoms with Crippen LogP contribution in [0.3, 0.4) is 0 Å². The molecule has 0 bridgehead atoms. The molecule has 2 aliphatic rings. The van der Waals surface area contributed by atoms with Crippen molar-refractivity contribution in [2.24, 2.45) is 5.92 Å². The summed E-state index contributed by atoms with van der Waals surface area (Å²) in [5, 5.41) is 12.2. The normalized spacial score (nSPS) is 17.6. The second-order valence-electron chi connectivity index (χ2n) is 8.53. The number of pyridine rings is 1. The highest BCUT2D eigenvalue weighted by Gasteiger charge is 2.26. The number of anilines is 1. The summed E-state index contributed by atoms with van der Waals surface area (Å²) in [6.45, 7) is 3.18. The Morgan fingerprint density at radius 3 is 2.81 bits per heavy atom. The number of nitrogens with zero attached hydrogens (tertiary/aromatic N) is 5. The van der Waals surface area contributed by atoms with E-state index in [0.29, 0.717) is 29.0 Å². The van der Waals surface area contributed by atoms with Gasteiger partial charge in [0.15, 0.2) is 0 Å². The van der Waals surface area contributed by atoms with Gasteiger partial charge in [0.25, 0.3) is 11.1 Å². The van der Waals surface area contributed by atoms with Crippen molar-refractivity contribution in [3.8, 4) is 17.0 Å². The second-order valence-corrected chi connectivity index (χ2v) is 9.54. The average Bonchev–Trinajstić information content (AvgIpc) is 3.54. The molecule has 2 amide bonds. The Kier molecular flexibility index (Phi) is 7.23. The van der Waals surface area contributed by atoms with Crippen molar-refractivity contribution >= 4 is 34.9 Å². The van der Waals surface area contributed by atoms with E-state index in [4.69, 9.17) is 9.72 Å². The van der Waals surface area contributed by atoms with E-state index in [0.717, 1.165) is 66.9 Å². The number of nitrogens with one attached hydrogen (secondary N) is 3. The van der Waals surface area contributed by atoms with Crippen LogP contribution in [0.15, 0.2) is 41.7 Å². The monoisotopic (exact) mass is 506 g/mol. The Bertz CT molecular complexity index is 1270. The van der Waals surface area contributed by atoms with E-state index in [1.165, 1.54) is 0 Å². The van der Waals surface area contributed by atoms with Crippen molar-refractivity contribution in [2.75, 3.05) is 31.6 Å². The number of H-pyrrole nitrogens is 1. The largest absolute Gasteiger partial charge is 0.495 e. The van der Waals surface area contributed by atoms with Gasteiger partial charge in [-0.15, -0.1) is 0 Å². The molecule has 0 saturated carbocycles. The summed E-state index contributed by atoms with van der Waals surface area (Å²) >= 11 is 0.882. The Labute approximate surface area is 212 Å². The smallest absolute Gasteiger partial charge is 0.290 e. The highest BCUT2D eigenvalue weighted by atomic mass is 32.2. The number of ether oxygens (including phenoxy) is 1. The Morgan fingerprint density at radius 2 is 2.08 bits per heavy atom. The van der Waals surface area contributed by atoms with Gasteiger partial charge < -0.3 is 15.0 Å². The number of amides is 2. The Balaban J connectivity index is 1.14. The SMILES string of the molecule is COc1ccc(-c2cn[nH]c2)nc1CNCC1CCN(c2nccc(/C=C3\SC(=O)NC3=O)n2)CC1. The Morgan fingerprint density at radius 1 is 1.22 bits per heavy atom. The van der Waals surface area contributed by atoms with Crippen LogP contribution in [0.4, 0.5) is 10.7 Å². The second kappa shape index (κ2) is 10.9. The van der Waals surface area contributed by atoms with Crippen molar-refractivity contribution in [3.63, 3.8) is 0 Å². The predicted molar refractivity (Wildman–Crippen MR) is 136 cm³/mol. The first-order chi connectivity index (χ1) is 17.6. The zero-order chi connectivity index (χ0) is 24.9. The fraction of sp³-hybridized carbons (Fsp3) is 0.333. The Hall–Kier alpha value is -3.77. The molecule has 0 aliphatic carbocycles. The van der Waals surface area contributed by atoms with Gasteiger partial charge >= 0.3 is 0 Å². The molecule has 3 N–H and O–H groups in total. The van der Waals surface area contributed by atoms with E-state index in [2.05, 4.69) is 35.7 Å². The number of hydrogen-bond acceptors (Lipinski definition) is 10. The number of hydrogen-bond donors (Lipinski definition) is 3. The number of aromatic amines is 1. The molecule has 36 heavy (non-hydrogen) atoms. The molecule has 0 aromatic carbocycles. The van der Waals surface area contributed by atoms with Crippen LogP contribution in [0, 0.1) is 5.92 Å². The number of aromatic nitrogens is 5. The topological polar surface area (TPSA) is 138 Å². The molecule has 5 heterocycles. The molecule has 0 unspecified atom stereocenters. The third-order valence-corrected chi connectivity index (χ3v) is 6.97. The average molecular weight is 507 g/mol. The standard InChI is InChI=1S/C24H26N8O3S/c1-35-20-3-2-18(16-12-27-28-13-16)30-19(20)14-25-11-15-5-8-32(9-6-15)23-26-7-4-17(29-23)10-21-22(33)31-24(34)36-21/h2-4,7,10,12-13,15,25H,5-6,8-9,11,14H2,1H3,(H,27,28)(H,31,33,34)/b21-10-. The van der Waals surface area contributed by atoms with E-state index in [9.17, 15) is 9.59 Å². The zero-order valence-electron chi connectivity index (χ0n) is 19.7. The van der Waals surface area contributed by atoms with Crippen LogP contribution in [0.2, 0.25) is 0 Å². The first kappa shape index (κ1) is 23.9. The summed E-state index contributed by atoms with van der Waals surface area (Å²) in [5.41, 5.74) is 3.26. The highest BCUT2D eigenvalue weighted by Crippen LogP contribution is 2.26. The van der Waals surface area contributed by atoms with Crippen LogP contribution in [-0.2, 0) is 11.3 Å². The van der Waals surface area contributed by atoms with Crippen LogP contribution >= 0.6 is 11.8 Å². The van der Waals surface area contributed by atoms with E-state index >= 15 is 0 Å². The molecule has 2 saturated heterocycles. The van der Waals surface area contributed by atoms with Crippen LogP contribution in [0.25, 0.3) is 17.3 Å². The summed E-state index contributed by atoms with van der Waals surface area (Å²) in [6.07, 6.45) is 8.89. The van der Waals surface area contributed by atoms with E-state index < -0.39 is 0 Å². The lowest BCUT2D eigenvalue weighted by Gasteiger charge is -2.32. The van der Waals surface area contributed by atoms with Gasteiger partial charge in [-0.25, -0.2) is 15.0 Å². The van der Waals surface area contributed by atoms with Gasteiger partial charge in [-0.05, 0) is 61.3 Å². The van der Waals surface area contributed by atoms with Crippen LogP contribution in [-0.4, -0.2) is 63.0 Å². The summed E-state index contributed by atoms with van der Waals surface area (Å²) in [4.78, 5) is 39.4. The van der Waals surface area contributed by atoms with Crippen LogP contribution in [0.1, 0.15) is 24.2 Å². The summed E-state index contributed by atoms with van der Waals surface area (Å²) in [7, 11) is 1.65. The van der Waals surface area contributed by atoms with Crippen molar-refractivity contribution in [2.45, 2.75) is 19.4 Å². The van der Waals surface area contributed by atoms with Crippen molar-refractivity contribution in [1.82, 2.24) is 35.8 Å². The first-order valence-electron chi connectivity index (χ1n) is 11.7. The molecule has 0 spiro atoms. The van der Waals surface area contributed by atoms with E-state index in [1.807, 2.05) is 18.3 Å². The molecule has 186 valence electrons. The van der Waals surface area contributed by atoms with Gasteiger partial charge in [-0.3, -0.25) is 20.0 Å². The molecule has 3 aromatic rings. The molecular formula is C24H26N8O3S. The number of methoxy groups -OCH3 is 1. The number of thioether (sulfide) groups is 1. The lowest BCUT2D eigenvalue weighted by atomic mass is 9.97. The first-order valence-corrected chi connectivity index (χ1v) is 12.5. The maximum absolute atomic E-state index is 11.8. The van der Waals surface area contributed by atoms with Crippen LogP contribution in [0.5, 0.6) is 5.75 Å².